The molecule has 10 heteroatoms. The smallest absolute Gasteiger partial charge is 0.279 e. The van der Waals surface area contributed by atoms with Gasteiger partial charge in [-0.15, -0.1) is 0 Å². The monoisotopic (exact) mass is 501 g/mol. The largest absolute Gasteiger partial charge is 0.497 e. The Morgan fingerprint density at radius 2 is 1.88 bits per heavy atom. The maximum Gasteiger partial charge on any atom is 0.279 e. The molecule has 1 heterocycles. The maximum absolute atomic E-state index is 14.1. The Labute approximate surface area is 197 Å². The van der Waals surface area contributed by atoms with Crippen molar-refractivity contribution in [3.63, 3.8) is 0 Å². The minimum atomic E-state index is -4.93. The van der Waals surface area contributed by atoms with E-state index in [1.54, 1.807) is 31.2 Å². The van der Waals surface area contributed by atoms with Gasteiger partial charge < -0.3 is 14.8 Å². The summed E-state index contributed by atoms with van der Waals surface area (Å²) in [6, 6.07) is 9.25. The highest BCUT2D eigenvalue weighted by Crippen LogP contribution is 2.50. The van der Waals surface area contributed by atoms with Crippen LogP contribution in [0.3, 0.4) is 0 Å². The third-order valence-corrected chi connectivity index (χ3v) is 8.84. The van der Waals surface area contributed by atoms with Gasteiger partial charge in [-0.2, -0.15) is 8.42 Å². The Balaban J connectivity index is 2.35. The number of ketones is 1. The van der Waals surface area contributed by atoms with Gasteiger partial charge in [0.2, 0.25) is 0 Å². The fourth-order valence-electron chi connectivity index (χ4n) is 4.78. The molecule has 174 valence electrons. The highest BCUT2D eigenvalue weighted by Gasteiger charge is 2.65. The van der Waals surface area contributed by atoms with Crippen molar-refractivity contribution in [2.45, 2.75) is 29.9 Å². The topological polar surface area (TPSA) is 102 Å². The van der Waals surface area contributed by atoms with E-state index >= 15 is 0 Å². The van der Waals surface area contributed by atoms with Crippen molar-refractivity contribution in [2.75, 3.05) is 27.3 Å². The summed E-state index contributed by atoms with van der Waals surface area (Å²) >= 11 is 12.3. The summed E-state index contributed by atoms with van der Waals surface area (Å²) in [6.45, 7) is 2.16. The first-order valence-corrected chi connectivity index (χ1v) is 12.2. The van der Waals surface area contributed by atoms with E-state index in [1.807, 2.05) is 0 Å². The predicted octanol–water partition coefficient (Wildman–Crippen LogP) is 4.16. The molecule has 1 aliphatic heterocycles. The molecule has 2 N–H and O–H groups in total. The molecule has 0 bridgehead atoms. The molecule has 0 amide bonds. The van der Waals surface area contributed by atoms with Crippen molar-refractivity contribution in [3.8, 4) is 11.5 Å². The van der Waals surface area contributed by atoms with Crippen LogP contribution in [0.15, 0.2) is 36.4 Å². The SMILES string of the molecule is CCC(C(=O)c1ccc(OC)cc1OC)(C1(c2ccc(Cl)c(Cl)c2)CCNC1)S(=O)(=O)O. The van der Waals surface area contributed by atoms with Gasteiger partial charge in [-0.05, 0) is 49.2 Å². The molecular weight excluding hydrogens is 477 g/mol. The number of nitrogens with one attached hydrogen (secondary N) is 1. The Hall–Kier alpha value is -1.84. The molecule has 0 saturated carbocycles. The van der Waals surface area contributed by atoms with Crippen LogP contribution in [0.1, 0.15) is 35.7 Å². The van der Waals surface area contributed by atoms with Gasteiger partial charge in [0, 0.05) is 18.0 Å². The molecule has 0 radical (unpaired) electrons. The van der Waals surface area contributed by atoms with E-state index in [-0.39, 0.29) is 35.7 Å². The lowest BCUT2D eigenvalue weighted by molar-refractivity contribution is 0.0865. The minimum Gasteiger partial charge on any atom is -0.497 e. The van der Waals surface area contributed by atoms with Crippen molar-refractivity contribution in [3.05, 3.63) is 57.6 Å². The van der Waals surface area contributed by atoms with Gasteiger partial charge in [0.05, 0.1) is 29.8 Å². The number of benzene rings is 2. The van der Waals surface area contributed by atoms with E-state index in [0.29, 0.717) is 22.9 Å². The van der Waals surface area contributed by atoms with Gasteiger partial charge in [0.15, 0.2) is 10.5 Å². The van der Waals surface area contributed by atoms with Crippen molar-refractivity contribution < 1.29 is 27.2 Å². The van der Waals surface area contributed by atoms with E-state index in [1.165, 1.54) is 26.4 Å². The van der Waals surface area contributed by atoms with E-state index in [0.717, 1.165) is 0 Å². The molecule has 2 unspecified atom stereocenters. The summed E-state index contributed by atoms with van der Waals surface area (Å²) in [5.41, 5.74) is -0.776. The zero-order valence-electron chi connectivity index (χ0n) is 17.9. The maximum atomic E-state index is 14.1. The van der Waals surface area contributed by atoms with Gasteiger partial charge in [0.25, 0.3) is 10.1 Å². The van der Waals surface area contributed by atoms with Gasteiger partial charge in [-0.1, -0.05) is 36.2 Å². The van der Waals surface area contributed by atoms with Crippen LogP contribution in [0.4, 0.5) is 0 Å². The highest BCUT2D eigenvalue weighted by molar-refractivity contribution is 7.88. The summed E-state index contributed by atoms with van der Waals surface area (Å²) in [7, 11) is -2.09. The van der Waals surface area contributed by atoms with Crippen LogP contribution >= 0.6 is 23.2 Å². The van der Waals surface area contributed by atoms with Crippen LogP contribution in [-0.4, -0.2) is 50.8 Å². The van der Waals surface area contributed by atoms with Crippen LogP contribution in [0.2, 0.25) is 10.0 Å². The van der Waals surface area contributed by atoms with Crippen LogP contribution in [0, 0.1) is 0 Å². The quantitative estimate of drug-likeness (QED) is 0.413. The van der Waals surface area contributed by atoms with Gasteiger partial charge >= 0.3 is 0 Å². The Bertz CT molecular complexity index is 1130. The molecule has 3 rings (SSSR count). The predicted molar refractivity (Wildman–Crippen MR) is 124 cm³/mol. The summed E-state index contributed by atoms with van der Waals surface area (Å²) in [5.74, 6) is -0.183. The number of methoxy groups -OCH3 is 2. The molecule has 0 spiro atoms. The number of Topliss-reactive ketones (excluding diaryl/α,β-unsaturated/α-hetero) is 1. The first-order valence-electron chi connectivity index (χ1n) is 9.98. The molecule has 1 saturated heterocycles. The van der Waals surface area contributed by atoms with Crippen molar-refractivity contribution in [2.24, 2.45) is 0 Å². The summed E-state index contributed by atoms with van der Waals surface area (Å²) in [5, 5.41) is 3.68. The molecule has 32 heavy (non-hydrogen) atoms. The number of carbonyl (C=O) groups is 1. The zero-order chi connectivity index (χ0) is 23.7. The molecule has 1 fully saturated rings. The third-order valence-electron chi connectivity index (χ3n) is 6.36. The second-order valence-electron chi connectivity index (χ2n) is 7.69. The fourth-order valence-corrected chi connectivity index (χ4v) is 6.57. The highest BCUT2D eigenvalue weighted by atomic mass is 35.5. The van der Waals surface area contributed by atoms with Crippen molar-refractivity contribution in [1.29, 1.82) is 0 Å². The number of halogens is 2. The second-order valence-corrected chi connectivity index (χ2v) is 10.2. The van der Waals surface area contributed by atoms with E-state index in [2.05, 4.69) is 5.32 Å². The van der Waals surface area contributed by atoms with E-state index in [9.17, 15) is 17.8 Å². The third kappa shape index (κ3) is 3.78. The lowest BCUT2D eigenvalue weighted by Crippen LogP contribution is -2.62. The first-order chi connectivity index (χ1) is 15.1. The van der Waals surface area contributed by atoms with E-state index < -0.39 is 26.1 Å². The lowest BCUT2D eigenvalue weighted by Gasteiger charge is -2.45. The molecule has 1 aliphatic rings. The average Bonchev–Trinajstić information content (AvgIpc) is 3.26. The van der Waals surface area contributed by atoms with Gasteiger partial charge in [-0.3, -0.25) is 9.35 Å². The van der Waals surface area contributed by atoms with Crippen LogP contribution in [0.25, 0.3) is 0 Å². The molecule has 0 aliphatic carbocycles. The van der Waals surface area contributed by atoms with Crippen LogP contribution in [0.5, 0.6) is 11.5 Å². The lowest BCUT2D eigenvalue weighted by atomic mass is 9.65. The Kier molecular flexibility index (Phi) is 7.12. The molecule has 2 aromatic carbocycles. The summed E-state index contributed by atoms with van der Waals surface area (Å²) in [4.78, 5) is 14.1. The standard InChI is InChI=1S/C22H25Cl2NO6S/c1-4-22(32(27,28)29,20(26)16-7-6-15(30-2)12-19(16)31-3)21(9-10-25-13-21)14-5-8-17(23)18(24)11-14/h5-8,11-12,25H,4,9-10,13H2,1-3H3,(H,27,28,29). The Morgan fingerprint density at radius 1 is 1.16 bits per heavy atom. The Morgan fingerprint density at radius 3 is 2.38 bits per heavy atom. The number of hydrogen-bond donors (Lipinski definition) is 2. The summed E-state index contributed by atoms with van der Waals surface area (Å²) < 4.78 is 45.2. The minimum absolute atomic E-state index is 0.0270. The normalized spacial score (nSPS) is 20.6. The average molecular weight is 502 g/mol. The number of ether oxygens (including phenoxy) is 2. The first kappa shape index (κ1) is 24.8. The zero-order valence-corrected chi connectivity index (χ0v) is 20.3. The number of rotatable bonds is 8. The molecular formula is C22H25Cl2NO6S. The second kappa shape index (κ2) is 9.19. The van der Waals surface area contributed by atoms with Crippen LogP contribution < -0.4 is 14.8 Å². The van der Waals surface area contributed by atoms with Crippen molar-refractivity contribution >= 4 is 39.1 Å². The van der Waals surface area contributed by atoms with Crippen LogP contribution in [-0.2, 0) is 15.5 Å². The number of carbonyl (C=O) groups excluding carboxylic acids is 1. The van der Waals surface area contributed by atoms with E-state index in [4.69, 9.17) is 32.7 Å². The molecule has 2 atom stereocenters. The fraction of sp³-hybridized carbons (Fsp3) is 0.409. The number of hydrogen-bond acceptors (Lipinski definition) is 6. The van der Waals surface area contributed by atoms with Gasteiger partial charge in [-0.25, -0.2) is 0 Å². The van der Waals surface area contributed by atoms with Crippen molar-refractivity contribution in [1.82, 2.24) is 5.32 Å². The summed E-state index contributed by atoms with van der Waals surface area (Å²) in [6.07, 6.45) is 0.102. The molecule has 2 aromatic rings. The molecule has 0 aromatic heterocycles. The van der Waals surface area contributed by atoms with Gasteiger partial charge in [0.1, 0.15) is 11.5 Å². The molecule has 7 nitrogen and oxygen atoms in total.